The molecule has 1 spiro atoms. The normalized spacial score (nSPS) is 19.4. The molecule has 2 unspecified atom stereocenters. The van der Waals surface area contributed by atoms with Crippen LogP contribution in [0.5, 0.6) is 17.2 Å². The van der Waals surface area contributed by atoms with Gasteiger partial charge in [0.1, 0.15) is 33.5 Å². The molecular formula is C30H28ClNO7. The maximum atomic E-state index is 14.4. The lowest BCUT2D eigenvalue weighted by Gasteiger charge is -2.38. The fraction of sp³-hybridized carbons (Fsp3) is 0.333. The minimum Gasteiger partial charge on any atom is -0.496 e. The highest BCUT2D eigenvalue weighted by Gasteiger charge is 2.60. The van der Waals surface area contributed by atoms with Crippen molar-refractivity contribution in [3.63, 3.8) is 0 Å². The molecule has 1 aliphatic carbocycles. The Hall–Kier alpha value is -3.91. The van der Waals surface area contributed by atoms with E-state index in [1.165, 1.54) is 20.3 Å². The number of pyridine rings is 1. The standard InChI is InChI=1S/C30H28ClNO7/c1-5-6-12-38-29(35)19-14-18(17-10-8-7-9-11-17)23-20(33)13-16(2)30(27(23)32-19)28(34)24-21(36-3)15-22(37-4)25(31)26(24)39-30/h7-11,14-16H,5-6,12-13H2,1-4H3. The Morgan fingerprint density at radius 2 is 1.82 bits per heavy atom. The molecule has 5 rings (SSSR count). The van der Waals surface area contributed by atoms with Gasteiger partial charge in [-0.15, -0.1) is 0 Å². The van der Waals surface area contributed by atoms with Gasteiger partial charge in [-0.3, -0.25) is 9.59 Å². The van der Waals surface area contributed by atoms with E-state index in [2.05, 4.69) is 4.98 Å². The van der Waals surface area contributed by atoms with E-state index < -0.39 is 23.3 Å². The zero-order chi connectivity index (χ0) is 27.9. The summed E-state index contributed by atoms with van der Waals surface area (Å²) in [6.07, 6.45) is 1.56. The minimum absolute atomic E-state index is 0.0194. The number of unbranched alkanes of at least 4 members (excludes halogenated alkanes) is 1. The molecule has 9 heteroatoms. The summed E-state index contributed by atoms with van der Waals surface area (Å²) in [4.78, 5) is 45.7. The molecule has 2 aliphatic rings. The van der Waals surface area contributed by atoms with Crippen molar-refractivity contribution < 1.29 is 33.3 Å². The molecule has 0 bridgehead atoms. The summed E-state index contributed by atoms with van der Waals surface area (Å²) in [6, 6.07) is 12.2. The van der Waals surface area contributed by atoms with E-state index >= 15 is 0 Å². The van der Waals surface area contributed by atoms with Gasteiger partial charge in [0.25, 0.3) is 0 Å². The molecular weight excluding hydrogens is 522 g/mol. The number of rotatable bonds is 7. The van der Waals surface area contributed by atoms with E-state index in [4.69, 9.17) is 30.5 Å². The summed E-state index contributed by atoms with van der Waals surface area (Å²) in [6.45, 7) is 3.96. The van der Waals surface area contributed by atoms with Gasteiger partial charge in [-0.1, -0.05) is 62.2 Å². The Bertz CT molecular complexity index is 1490. The van der Waals surface area contributed by atoms with Crippen LogP contribution in [0.4, 0.5) is 0 Å². The fourth-order valence-corrected chi connectivity index (χ4v) is 5.53. The predicted octanol–water partition coefficient (Wildman–Crippen LogP) is 6.07. The maximum Gasteiger partial charge on any atom is 0.356 e. The molecule has 39 heavy (non-hydrogen) atoms. The number of fused-ring (bicyclic) bond motifs is 3. The van der Waals surface area contributed by atoms with Crippen molar-refractivity contribution in [2.45, 2.75) is 38.7 Å². The molecule has 202 valence electrons. The average Bonchev–Trinajstić information content (AvgIpc) is 3.26. The van der Waals surface area contributed by atoms with Gasteiger partial charge in [0.05, 0.1) is 26.4 Å². The molecule has 1 aromatic heterocycles. The number of Topliss-reactive ketones (excluding diaryl/α,β-unsaturated/α-hetero) is 2. The summed E-state index contributed by atoms with van der Waals surface area (Å²) in [5, 5.41) is 0.0996. The first-order valence-corrected chi connectivity index (χ1v) is 13.2. The molecule has 0 N–H and O–H groups in total. The predicted molar refractivity (Wildman–Crippen MR) is 144 cm³/mol. The van der Waals surface area contributed by atoms with Crippen LogP contribution in [0.15, 0.2) is 42.5 Å². The molecule has 3 aromatic rings. The van der Waals surface area contributed by atoms with Gasteiger partial charge in [0.2, 0.25) is 11.4 Å². The number of nitrogens with zero attached hydrogens (tertiary/aromatic N) is 1. The SMILES string of the molecule is CCCCOC(=O)c1cc(-c2ccccc2)c2c(n1)C1(Oc3c(Cl)c(OC)cc(OC)c3C1=O)C(C)CC2=O. The molecule has 2 aromatic carbocycles. The van der Waals surface area contributed by atoms with Gasteiger partial charge in [-0.05, 0) is 23.6 Å². The minimum atomic E-state index is -1.72. The molecule has 0 saturated heterocycles. The maximum absolute atomic E-state index is 14.4. The quantitative estimate of drug-likeness (QED) is 0.258. The number of halogens is 1. The smallest absolute Gasteiger partial charge is 0.356 e. The van der Waals surface area contributed by atoms with E-state index in [0.29, 0.717) is 17.5 Å². The van der Waals surface area contributed by atoms with Crippen molar-refractivity contribution in [2.24, 2.45) is 5.92 Å². The Morgan fingerprint density at radius 3 is 2.49 bits per heavy atom. The van der Waals surface area contributed by atoms with Gasteiger partial charge in [-0.25, -0.2) is 9.78 Å². The summed E-state index contributed by atoms with van der Waals surface area (Å²) >= 11 is 6.62. The van der Waals surface area contributed by atoms with Crippen molar-refractivity contribution in [1.82, 2.24) is 4.98 Å². The van der Waals surface area contributed by atoms with Crippen molar-refractivity contribution in [2.75, 3.05) is 20.8 Å². The monoisotopic (exact) mass is 549 g/mol. The zero-order valence-electron chi connectivity index (χ0n) is 22.1. The van der Waals surface area contributed by atoms with Crippen molar-refractivity contribution in [1.29, 1.82) is 0 Å². The largest absolute Gasteiger partial charge is 0.496 e. The van der Waals surface area contributed by atoms with E-state index in [0.717, 1.165) is 6.42 Å². The molecule has 2 heterocycles. The molecule has 2 atom stereocenters. The molecule has 1 aliphatic heterocycles. The van der Waals surface area contributed by atoms with Crippen LogP contribution < -0.4 is 14.2 Å². The first-order chi connectivity index (χ1) is 18.8. The number of carbonyl (C=O) groups is 3. The number of aromatic nitrogens is 1. The third-order valence-electron chi connectivity index (χ3n) is 7.28. The second-order valence-corrected chi connectivity index (χ2v) is 10.0. The first kappa shape index (κ1) is 26.7. The number of ketones is 2. The van der Waals surface area contributed by atoms with E-state index in [1.807, 2.05) is 37.3 Å². The second kappa shape index (κ2) is 10.3. The second-order valence-electron chi connectivity index (χ2n) is 9.63. The third kappa shape index (κ3) is 4.14. The van der Waals surface area contributed by atoms with Crippen LogP contribution >= 0.6 is 11.6 Å². The number of hydrogen-bond acceptors (Lipinski definition) is 8. The third-order valence-corrected chi connectivity index (χ3v) is 7.64. The summed E-state index contributed by atoms with van der Waals surface area (Å²) < 4.78 is 22.8. The van der Waals surface area contributed by atoms with Crippen molar-refractivity contribution in [3.05, 3.63) is 70.0 Å². The molecule has 0 amide bonds. The summed E-state index contributed by atoms with van der Waals surface area (Å²) in [5.74, 6) is -1.37. The number of esters is 1. The average molecular weight is 550 g/mol. The Balaban J connectivity index is 1.79. The zero-order valence-corrected chi connectivity index (χ0v) is 22.9. The molecule has 0 fully saturated rings. The van der Waals surface area contributed by atoms with Crippen LogP contribution in [-0.4, -0.2) is 43.3 Å². The summed E-state index contributed by atoms with van der Waals surface area (Å²) in [7, 11) is 2.88. The fourth-order valence-electron chi connectivity index (χ4n) is 5.27. The molecule has 8 nitrogen and oxygen atoms in total. The number of carbonyl (C=O) groups excluding carboxylic acids is 3. The Labute approximate surface area is 231 Å². The van der Waals surface area contributed by atoms with Crippen LogP contribution in [0.3, 0.4) is 0 Å². The number of methoxy groups -OCH3 is 2. The van der Waals surface area contributed by atoms with E-state index in [9.17, 15) is 14.4 Å². The van der Waals surface area contributed by atoms with E-state index in [-0.39, 0.29) is 63.6 Å². The number of benzene rings is 2. The lowest BCUT2D eigenvalue weighted by atomic mass is 9.70. The van der Waals surface area contributed by atoms with Crippen LogP contribution in [-0.2, 0) is 10.3 Å². The topological polar surface area (TPSA) is 101 Å². The van der Waals surface area contributed by atoms with Gasteiger partial charge in [-0.2, -0.15) is 0 Å². The van der Waals surface area contributed by atoms with Crippen molar-refractivity contribution in [3.8, 4) is 28.4 Å². The van der Waals surface area contributed by atoms with Crippen LogP contribution in [0.25, 0.3) is 11.1 Å². The highest BCUT2D eigenvalue weighted by molar-refractivity contribution is 6.35. The van der Waals surface area contributed by atoms with Gasteiger partial charge < -0.3 is 18.9 Å². The molecule has 0 radical (unpaired) electrons. The van der Waals surface area contributed by atoms with Gasteiger partial charge >= 0.3 is 5.97 Å². The Morgan fingerprint density at radius 1 is 1.10 bits per heavy atom. The highest BCUT2D eigenvalue weighted by Crippen LogP contribution is 2.57. The van der Waals surface area contributed by atoms with Gasteiger partial charge in [0.15, 0.2) is 11.5 Å². The summed E-state index contributed by atoms with van der Waals surface area (Å²) in [5.41, 5.74) is -0.152. The number of ether oxygens (including phenoxy) is 4. The lowest BCUT2D eigenvalue weighted by molar-refractivity contribution is 0.0188. The lowest BCUT2D eigenvalue weighted by Crippen LogP contribution is -2.49. The van der Waals surface area contributed by atoms with Crippen LogP contribution in [0.1, 0.15) is 70.0 Å². The Kier molecular flexibility index (Phi) is 7.07. The first-order valence-electron chi connectivity index (χ1n) is 12.8. The highest BCUT2D eigenvalue weighted by atomic mass is 35.5. The van der Waals surface area contributed by atoms with Gasteiger partial charge in [0, 0.05) is 18.4 Å². The van der Waals surface area contributed by atoms with Crippen LogP contribution in [0.2, 0.25) is 5.02 Å². The number of hydrogen-bond donors (Lipinski definition) is 0. The van der Waals surface area contributed by atoms with Crippen molar-refractivity contribution >= 4 is 29.1 Å². The van der Waals surface area contributed by atoms with E-state index in [1.54, 1.807) is 13.0 Å². The van der Waals surface area contributed by atoms with Crippen LogP contribution in [0, 0.1) is 5.92 Å². The molecule has 0 saturated carbocycles.